The highest BCUT2D eigenvalue weighted by Crippen LogP contribution is 2.10. The standard InChI is InChI=1S/C8H17N7OS/c1-15(2)8-12-6(10-4-5-17(3)16)11-7(13-8)14-9/h4-5,9H2,1-3H3,(H2,10,11,12,13,14). The predicted octanol–water partition coefficient (Wildman–Crippen LogP) is -0.986. The molecule has 4 N–H and O–H groups in total. The maximum atomic E-state index is 10.9. The molecule has 1 rings (SSSR count). The van der Waals surface area contributed by atoms with Crippen molar-refractivity contribution in [3.63, 3.8) is 0 Å². The molecule has 0 aromatic carbocycles. The lowest BCUT2D eigenvalue weighted by molar-refractivity contribution is 0.687. The highest BCUT2D eigenvalue weighted by Gasteiger charge is 2.06. The van der Waals surface area contributed by atoms with Gasteiger partial charge in [-0.05, 0) is 0 Å². The van der Waals surface area contributed by atoms with Gasteiger partial charge in [-0.15, -0.1) is 0 Å². The van der Waals surface area contributed by atoms with E-state index in [1.807, 2.05) is 14.1 Å². The lowest BCUT2D eigenvalue weighted by atomic mass is 10.7. The number of nitrogens with zero attached hydrogens (tertiary/aromatic N) is 4. The summed E-state index contributed by atoms with van der Waals surface area (Å²) in [5, 5.41) is 2.97. The first-order valence-corrected chi connectivity index (χ1v) is 6.69. The van der Waals surface area contributed by atoms with Crippen molar-refractivity contribution in [2.24, 2.45) is 5.84 Å². The minimum absolute atomic E-state index is 0.281. The second kappa shape index (κ2) is 6.30. The monoisotopic (exact) mass is 259 g/mol. The molecule has 1 aromatic rings. The van der Waals surface area contributed by atoms with Crippen molar-refractivity contribution in [3.8, 4) is 0 Å². The third kappa shape index (κ3) is 4.49. The molecule has 1 unspecified atom stereocenters. The van der Waals surface area contributed by atoms with E-state index < -0.39 is 10.8 Å². The molecule has 0 aliphatic carbocycles. The summed E-state index contributed by atoms with van der Waals surface area (Å²) >= 11 is 0. The Morgan fingerprint density at radius 2 is 1.94 bits per heavy atom. The Morgan fingerprint density at radius 1 is 1.29 bits per heavy atom. The molecule has 0 fully saturated rings. The fourth-order valence-electron chi connectivity index (χ4n) is 1.01. The van der Waals surface area contributed by atoms with Crippen molar-refractivity contribution in [1.29, 1.82) is 0 Å². The molecule has 1 aromatic heterocycles. The van der Waals surface area contributed by atoms with Gasteiger partial charge < -0.3 is 10.2 Å². The van der Waals surface area contributed by atoms with E-state index in [1.165, 1.54) is 0 Å². The molecule has 0 saturated carbocycles. The Morgan fingerprint density at radius 3 is 2.47 bits per heavy atom. The first-order valence-electron chi connectivity index (χ1n) is 4.97. The minimum atomic E-state index is -0.845. The van der Waals surface area contributed by atoms with Crippen LogP contribution in [-0.4, -0.2) is 51.8 Å². The van der Waals surface area contributed by atoms with Crippen LogP contribution in [0, 0.1) is 0 Å². The SMILES string of the molecule is CN(C)c1nc(NN)nc(NCCS(C)=O)n1. The highest BCUT2D eigenvalue weighted by atomic mass is 32.2. The average molecular weight is 259 g/mol. The fourth-order valence-corrected chi connectivity index (χ4v) is 1.40. The van der Waals surface area contributed by atoms with Gasteiger partial charge in [0.05, 0.1) is 0 Å². The van der Waals surface area contributed by atoms with Gasteiger partial charge >= 0.3 is 0 Å². The Hall–Kier alpha value is -1.48. The Labute approximate surface area is 102 Å². The van der Waals surface area contributed by atoms with Crippen molar-refractivity contribution in [1.82, 2.24) is 15.0 Å². The molecule has 17 heavy (non-hydrogen) atoms. The van der Waals surface area contributed by atoms with Crippen LogP contribution in [0.5, 0.6) is 0 Å². The highest BCUT2D eigenvalue weighted by molar-refractivity contribution is 7.84. The molecular weight excluding hydrogens is 242 g/mol. The van der Waals surface area contributed by atoms with Crippen molar-refractivity contribution in [2.75, 3.05) is 48.3 Å². The van der Waals surface area contributed by atoms with Gasteiger partial charge in [-0.1, -0.05) is 0 Å². The van der Waals surface area contributed by atoms with Crippen LogP contribution in [0.2, 0.25) is 0 Å². The molecule has 0 bridgehead atoms. The lowest BCUT2D eigenvalue weighted by Crippen LogP contribution is -2.20. The van der Waals surface area contributed by atoms with E-state index in [1.54, 1.807) is 11.2 Å². The largest absolute Gasteiger partial charge is 0.353 e. The molecule has 0 saturated heterocycles. The van der Waals surface area contributed by atoms with E-state index in [0.717, 1.165) is 0 Å². The minimum Gasteiger partial charge on any atom is -0.353 e. The maximum absolute atomic E-state index is 10.9. The third-order valence-corrected chi connectivity index (χ3v) is 2.60. The number of hydrogen-bond donors (Lipinski definition) is 3. The van der Waals surface area contributed by atoms with Crippen LogP contribution >= 0.6 is 0 Å². The van der Waals surface area contributed by atoms with E-state index in [4.69, 9.17) is 5.84 Å². The van der Waals surface area contributed by atoms with E-state index in [9.17, 15) is 4.21 Å². The van der Waals surface area contributed by atoms with Crippen molar-refractivity contribution >= 4 is 28.6 Å². The number of nitrogens with two attached hydrogens (primary N) is 1. The zero-order chi connectivity index (χ0) is 12.8. The summed E-state index contributed by atoms with van der Waals surface area (Å²) in [4.78, 5) is 14.0. The zero-order valence-electron chi connectivity index (χ0n) is 10.1. The van der Waals surface area contributed by atoms with Crippen LogP contribution in [0.3, 0.4) is 0 Å². The molecular formula is C8H17N7OS. The van der Waals surface area contributed by atoms with Gasteiger partial charge in [0.25, 0.3) is 0 Å². The summed E-state index contributed by atoms with van der Waals surface area (Å²) in [5.74, 6) is 6.98. The first-order chi connectivity index (χ1) is 8.02. The smallest absolute Gasteiger partial charge is 0.243 e. The van der Waals surface area contributed by atoms with E-state index in [0.29, 0.717) is 24.2 Å². The average Bonchev–Trinajstić information content (AvgIpc) is 2.28. The van der Waals surface area contributed by atoms with Crippen LogP contribution in [-0.2, 0) is 10.8 Å². The number of aromatic nitrogens is 3. The van der Waals surface area contributed by atoms with E-state index >= 15 is 0 Å². The lowest BCUT2D eigenvalue weighted by Gasteiger charge is -2.12. The third-order valence-electron chi connectivity index (χ3n) is 1.83. The number of anilines is 3. The van der Waals surface area contributed by atoms with Crippen LogP contribution < -0.4 is 21.5 Å². The Bertz CT molecular complexity index is 397. The van der Waals surface area contributed by atoms with Crippen molar-refractivity contribution in [2.45, 2.75) is 0 Å². The second-order valence-corrected chi connectivity index (χ2v) is 5.08. The maximum Gasteiger partial charge on any atom is 0.243 e. The van der Waals surface area contributed by atoms with Gasteiger partial charge in [0.15, 0.2) is 0 Å². The molecule has 1 atom stereocenters. The summed E-state index contributed by atoms with van der Waals surface area (Å²) in [6.07, 6.45) is 1.65. The predicted molar refractivity (Wildman–Crippen MR) is 69.4 cm³/mol. The number of hydrazine groups is 1. The van der Waals surface area contributed by atoms with Gasteiger partial charge in [-0.25, -0.2) is 5.84 Å². The number of hydrogen-bond acceptors (Lipinski definition) is 8. The summed E-state index contributed by atoms with van der Waals surface area (Å²) in [5.41, 5.74) is 2.37. The summed E-state index contributed by atoms with van der Waals surface area (Å²) in [7, 11) is 2.79. The number of nitrogens with one attached hydrogen (secondary N) is 2. The van der Waals surface area contributed by atoms with Gasteiger partial charge in [0, 0.05) is 43.4 Å². The zero-order valence-corrected chi connectivity index (χ0v) is 10.9. The van der Waals surface area contributed by atoms with Gasteiger partial charge in [-0.2, -0.15) is 15.0 Å². The first kappa shape index (κ1) is 13.6. The number of nitrogen functional groups attached to an aromatic ring is 1. The van der Waals surface area contributed by atoms with Crippen molar-refractivity contribution < 1.29 is 4.21 Å². The quantitative estimate of drug-likeness (QED) is 0.441. The molecule has 96 valence electrons. The molecule has 0 aliphatic heterocycles. The van der Waals surface area contributed by atoms with Crippen LogP contribution in [0.1, 0.15) is 0 Å². The molecule has 1 heterocycles. The molecule has 0 radical (unpaired) electrons. The molecule has 8 nitrogen and oxygen atoms in total. The topological polar surface area (TPSA) is 109 Å². The van der Waals surface area contributed by atoms with E-state index in [-0.39, 0.29) is 5.95 Å². The molecule has 0 amide bonds. The fraction of sp³-hybridized carbons (Fsp3) is 0.625. The second-order valence-electron chi connectivity index (χ2n) is 3.53. The molecule has 9 heteroatoms. The summed E-state index contributed by atoms with van der Waals surface area (Å²) in [6, 6.07) is 0. The Kier molecular flexibility index (Phi) is 5.04. The van der Waals surface area contributed by atoms with E-state index in [2.05, 4.69) is 25.7 Å². The van der Waals surface area contributed by atoms with Gasteiger partial charge in [-0.3, -0.25) is 9.63 Å². The summed E-state index contributed by atoms with van der Waals surface area (Å²) in [6.45, 7) is 0.532. The normalized spacial score (nSPS) is 12.0. The van der Waals surface area contributed by atoms with Crippen LogP contribution in [0.15, 0.2) is 0 Å². The van der Waals surface area contributed by atoms with Crippen LogP contribution in [0.4, 0.5) is 17.8 Å². The molecule has 0 aliphatic rings. The Balaban J connectivity index is 2.76. The van der Waals surface area contributed by atoms with Gasteiger partial charge in [0.2, 0.25) is 17.8 Å². The van der Waals surface area contributed by atoms with Crippen LogP contribution in [0.25, 0.3) is 0 Å². The number of rotatable bonds is 6. The van der Waals surface area contributed by atoms with Gasteiger partial charge in [0.1, 0.15) is 0 Å². The molecule has 0 spiro atoms. The van der Waals surface area contributed by atoms with Crippen molar-refractivity contribution in [3.05, 3.63) is 0 Å². The summed E-state index contributed by atoms with van der Waals surface area (Å²) < 4.78 is 10.9.